The molecule has 2 unspecified atom stereocenters. The van der Waals surface area contributed by atoms with Gasteiger partial charge in [0.25, 0.3) is 0 Å². The summed E-state index contributed by atoms with van der Waals surface area (Å²) in [5, 5.41) is -0.349. The van der Waals surface area contributed by atoms with Gasteiger partial charge < -0.3 is 0 Å². The van der Waals surface area contributed by atoms with Crippen molar-refractivity contribution in [2.45, 2.75) is 10.1 Å². The van der Waals surface area contributed by atoms with E-state index in [-0.39, 0.29) is 5.56 Å². The summed E-state index contributed by atoms with van der Waals surface area (Å²) >= 11 is 5.86. The maximum atomic E-state index is 14.3. The molecule has 0 N–H and O–H groups in total. The maximum Gasteiger partial charge on any atom is 0.128 e. The van der Waals surface area contributed by atoms with Crippen LogP contribution in [0, 0.1) is 11.6 Å². The van der Waals surface area contributed by atoms with E-state index >= 15 is 0 Å². The zero-order valence-electron chi connectivity index (χ0n) is 12.3. The predicted molar refractivity (Wildman–Crippen MR) is 90.3 cm³/mol. The first-order valence-corrected chi connectivity index (χ1v) is 8.66. The molecule has 6 heteroatoms. The summed E-state index contributed by atoms with van der Waals surface area (Å²) in [6.07, 6.45) is 3.05. The number of hydrogen-bond acceptors (Lipinski definition) is 2. The van der Waals surface area contributed by atoms with Gasteiger partial charge in [0, 0.05) is 27.9 Å². The van der Waals surface area contributed by atoms with E-state index < -0.39 is 27.7 Å². The molecular weight excluding hydrogens is 352 g/mol. The van der Waals surface area contributed by atoms with E-state index in [2.05, 4.69) is 4.98 Å². The molecule has 3 rings (SSSR count). The summed E-state index contributed by atoms with van der Waals surface area (Å²) in [6, 6.07) is 12.9. The average molecular weight is 364 g/mol. The first-order chi connectivity index (χ1) is 11.6. The molecule has 0 radical (unpaired) electrons. The Kier molecular flexibility index (Phi) is 5.02. The number of hydrogen-bond donors (Lipinski definition) is 0. The minimum atomic E-state index is -1.64. The molecule has 0 aliphatic carbocycles. The summed E-state index contributed by atoms with van der Waals surface area (Å²) in [6.45, 7) is 0. The molecule has 1 aromatic heterocycles. The van der Waals surface area contributed by atoms with Crippen LogP contribution in [-0.4, -0.2) is 9.19 Å². The molecule has 0 spiro atoms. The highest BCUT2D eigenvalue weighted by Crippen LogP contribution is 2.34. The molecule has 0 aliphatic heterocycles. The highest BCUT2D eigenvalue weighted by Gasteiger charge is 2.26. The average Bonchev–Trinajstić information content (AvgIpc) is 2.60. The molecule has 2 atom stereocenters. The SMILES string of the molecule is O=S(c1ccc(Cl)cc1)C(c1ccncc1)c1cc(F)ccc1F. The van der Waals surface area contributed by atoms with Crippen molar-refractivity contribution >= 4 is 22.4 Å². The summed E-state index contributed by atoms with van der Waals surface area (Å²) in [7, 11) is -1.64. The third-order valence-corrected chi connectivity index (χ3v) is 5.45. The lowest BCUT2D eigenvalue weighted by molar-refractivity contribution is 0.585. The first kappa shape index (κ1) is 16.7. The predicted octanol–water partition coefficient (Wildman–Crippen LogP) is 4.91. The fraction of sp³-hybridized carbons (Fsp3) is 0.0556. The van der Waals surface area contributed by atoms with Gasteiger partial charge in [-0.3, -0.25) is 9.19 Å². The Morgan fingerprint density at radius 2 is 1.62 bits per heavy atom. The molecule has 3 aromatic rings. The zero-order chi connectivity index (χ0) is 17.1. The van der Waals surface area contributed by atoms with E-state index in [1.165, 1.54) is 12.4 Å². The Morgan fingerprint density at radius 3 is 2.29 bits per heavy atom. The normalized spacial score (nSPS) is 13.5. The lowest BCUT2D eigenvalue weighted by Gasteiger charge is -2.18. The fourth-order valence-corrected chi connectivity index (χ4v) is 4.00. The van der Waals surface area contributed by atoms with Crippen LogP contribution >= 0.6 is 11.6 Å². The Morgan fingerprint density at radius 1 is 0.958 bits per heavy atom. The molecule has 0 fully saturated rings. The number of rotatable bonds is 4. The van der Waals surface area contributed by atoms with Crippen LogP contribution in [0.5, 0.6) is 0 Å². The van der Waals surface area contributed by atoms with Gasteiger partial charge in [-0.25, -0.2) is 8.78 Å². The highest BCUT2D eigenvalue weighted by molar-refractivity contribution is 7.85. The molecular formula is C18H12ClF2NOS. The van der Waals surface area contributed by atoms with Gasteiger partial charge in [0.05, 0.1) is 16.0 Å². The van der Waals surface area contributed by atoms with Gasteiger partial charge >= 0.3 is 0 Å². The van der Waals surface area contributed by atoms with Gasteiger partial charge in [0.15, 0.2) is 0 Å². The highest BCUT2D eigenvalue weighted by atomic mass is 35.5. The largest absolute Gasteiger partial charge is 0.265 e. The van der Waals surface area contributed by atoms with Crippen LogP contribution in [0.4, 0.5) is 8.78 Å². The van der Waals surface area contributed by atoms with Gasteiger partial charge in [-0.1, -0.05) is 11.6 Å². The van der Waals surface area contributed by atoms with E-state index in [0.29, 0.717) is 15.5 Å². The summed E-state index contributed by atoms with van der Waals surface area (Å²) < 4.78 is 41.0. The molecule has 0 amide bonds. The lowest BCUT2D eigenvalue weighted by atomic mass is 10.0. The van der Waals surface area contributed by atoms with Gasteiger partial charge in [-0.2, -0.15) is 0 Å². The maximum absolute atomic E-state index is 14.3. The molecule has 1 heterocycles. The topological polar surface area (TPSA) is 30.0 Å². The van der Waals surface area contributed by atoms with Crippen molar-refractivity contribution in [2.75, 3.05) is 0 Å². The Hall–Kier alpha value is -2.11. The second-order valence-electron chi connectivity index (χ2n) is 5.08. The number of nitrogens with zero attached hydrogens (tertiary/aromatic N) is 1. The van der Waals surface area contributed by atoms with Crippen molar-refractivity contribution in [1.29, 1.82) is 0 Å². The zero-order valence-corrected chi connectivity index (χ0v) is 13.9. The number of benzene rings is 2. The van der Waals surface area contributed by atoms with Crippen molar-refractivity contribution in [3.63, 3.8) is 0 Å². The molecule has 0 saturated heterocycles. The van der Waals surface area contributed by atoms with Gasteiger partial charge in [0.2, 0.25) is 0 Å². The summed E-state index contributed by atoms with van der Waals surface area (Å²) in [4.78, 5) is 4.40. The Balaban J connectivity index is 2.14. The molecule has 0 saturated carbocycles. The summed E-state index contributed by atoms with van der Waals surface area (Å²) in [5.74, 6) is -1.20. The molecule has 0 aliphatic rings. The fourth-order valence-electron chi connectivity index (χ4n) is 2.38. The standard InChI is InChI=1S/C18H12ClF2NOS/c19-13-1-4-15(5-2-13)24(23)18(12-7-9-22-10-8-12)16-11-14(20)3-6-17(16)21/h1-11,18H. The molecule has 24 heavy (non-hydrogen) atoms. The Labute approximate surface area is 145 Å². The first-order valence-electron chi connectivity index (χ1n) is 7.07. The second kappa shape index (κ2) is 7.20. The van der Waals surface area contributed by atoms with E-state index in [1.54, 1.807) is 36.4 Å². The van der Waals surface area contributed by atoms with Crippen molar-refractivity contribution in [3.8, 4) is 0 Å². The van der Waals surface area contributed by atoms with Crippen LogP contribution in [0.2, 0.25) is 5.02 Å². The number of aromatic nitrogens is 1. The van der Waals surface area contributed by atoms with E-state index in [9.17, 15) is 13.0 Å². The van der Waals surface area contributed by atoms with Crippen molar-refractivity contribution in [2.24, 2.45) is 0 Å². The molecule has 2 aromatic carbocycles. The Bertz CT molecular complexity index is 872. The van der Waals surface area contributed by atoms with Crippen LogP contribution < -0.4 is 0 Å². The monoisotopic (exact) mass is 363 g/mol. The molecule has 2 nitrogen and oxygen atoms in total. The van der Waals surface area contributed by atoms with E-state index in [0.717, 1.165) is 18.2 Å². The minimum Gasteiger partial charge on any atom is -0.265 e. The van der Waals surface area contributed by atoms with E-state index in [4.69, 9.17) is 11.6 Å². The quantitative estimate of drug-likeness (QED) is 0.659. The van der Waals surface area contributed by atoms with Crippen molar-refractivity contribution < 1.29 is 13.0 Å². The van der Waals surface area contributed by atoms with Crippen LogP contribution in [0.25, 0.3) is 0 Å². The van der Waals surface area contributed by atoms with Crippen molar-refractivity contribution in [3.05, 3.63) is 94.8 Å². The second-order valence-corrected chi connectivity index (χ2v) is 7.05. The van der Waals surface area contributed by atoms with Crippen LogP contribution in [0.1, 0.15) is 16.4 Å². The van der Waals surface area contributed by atoms with E-state index in [1.807, 2.05) is 0 Å². The number of halogens is 3. The third kappa shape index (κ3) is 3.52. The molecule has 0 bridgehead atoms. The van der Waals surface area contributed by atoms with Gasteiger partial charge in [-0.15, -0.1) is 0 Å². The smallest absolute Gasteiger partial charge is 0.128 e. The minimum absolute atomic E-state index is 0.0366. The summed E-state index contributed by atoms with van der Waals surface area (Å²) in [5.41, 5.74) is 0.622. The molecule has 122 valence electrons. The third-order valence-electron chi connectivity index (χ3n) is 3.51. The van der Waals surface area contributed by atoms with Crippen LogP contribution in [-0.2, 0) is 10.8 Å². The van der Waals surface area contributed by atoms with Gasteiger partial charge in [0.1, 0.15) is 11.6 Å². The number of pyridine rings is 1. The van der Waals surface area contributed by atoms with Crippen LogP contribution in [0.15, 0.2) is 71.9 Å². The lowest BCUT2D eigenvalue weighted by Crippen LogP contribution is -2.11. The van der Waals surface area contributed by atoms with Crippen molar-refractivity contribution in [1.82, 2.24) is 4.98 Å². The van der Waals surface area contributed by atoms with Crippen LogP contribution in [0.3, 0.4) is 0 Å². The van der Waals surface area contributed by atoms with Gasteiger partial charge in [-0.05, 0) is 60.2 Å².